The Bertz CT molecular complexity index is 1320. The smallest absolute Gasteiger partial charge is 0.250 e. The van der Waals surface area contributed by atoms with Gasteiger partial charge in [0.1, 0.15) is 11.2 Å². The Hall–Kier alpha value is -3.34. The minimum Gasteiger partial charge on any atom is -0.493 e. The van der Waals surface area contributed by atoms with E-state index in [1.807, 2.05) is 29.3 Å². The largest absolute Gasteiger partial charge is 0.493 e. The van der Waals surface area contributed by atoms with Crippen molar-refractivity contribution in [1.82, 2.24) is 4.57 Å². The van der Waals surface area contributed by atoms with Crippen LogP contribution in [0.3, 0.4) is 0 Å². The zero-order valence-corrected chi connectivity index (χ0v) is 19.0. The molecular weight excluding hydrogens is 412 g/mol. The lowest BCUT2D eigenvalue weighted by Gasteiger charge is -2.36. The minimum absolute atomic E-state index is 0.0507. The molecule has 0 bridgehead atoms. The van der Waals surface area contributed by atoms with Crippen molar-refractivity contribution in [3.05, 3.63) is 92.9 Å². The molecular formula is C28H28N2O3. The van der Waals surface area contributed by atoms with E-state index in [4.69, 9.17) is 4.74 Å². The number of hydrogen-bond acceptors (Lipinski definition) is 3. The van der Waals surface area contributed by atoms with Crippen molar-refractivity contribution in [1.29, 1.82) is 0 Å². The number of fused-ring (bicyclic) bond motifs is 5. The van der Waals surface area contributed by atoms with E-state index >= 15 is 0 Å². The number of pyridine rings is 1. The predicted octanol–water partition coefficient (Wildman–Crippen LogP) is 4.27. The summed E-state index contributed by atoms with van der Waals surface area (Å²) in [7, 11) is 1.75. The molecule has 0 N–H and O–H groups in total. The van der Waals surface area contributed by atoms with E-state index in [1.165, 1.54) is 11.1 Å². The van der Waals surface area contributed by atoms with Gasteiger partial charge in [0.2, 0.25) is 11.5 Å². The molecule has 3 aliphatic rings. The van der Waals surface area contributed by atoms with Crippen LogP contribution in [-0.4, -0.2) is 17.1 Å². The molecule has 2 aromatic carbocycles. The standard InChI is InChI=1S/C28H28N2O3/c1-29-17-19(11-12-26(29)31)18-30-24-10-3-2-9-22(24)28(27(30)32)13-6-8-20-15-21-7-4-5-14-33-25(21)16-23(20)28/h2-3,9-12,15-17H,4-8,13-14,18H2,1H3. The van der Waals surface area contributed by atoms with Gasteiger partial charge in [-0.15, -0.1) is 0 Å². The number of para-hydroxylation sites is 1. The number of hydrogen-bond donors (Lipinski definition) is 0. The second-order valence-electron chi connectivity index (χ2n) is 9.58. The van der Waals surface area contributed by atoms with Crippen LogP contribution in [0, 0.1) is 0 Å². The molecule has 0 saturated heterocycles. The van der Waals surface area contributed by atoms with Crippen LogP contribution in [0.25, 0.3) is 0 Å². The van der Waals surface area contributed by atoms with Gasteiger partial charge in [0.15, 0.2) is 0 Å². The molecule has 1 unspecified atom stereocenters. The van der Waals surface area contributed by atoms with Gasteiger partial charge in [0, 0.05) is 25.0 Å². The predicted molar refractivity (Wildman–Crippen MR) is 128 cm³/mol. The van der Waals surface area contributed by atoms with Crippen LogP contribution in [0.2, 0.25) is 0 Å². The number of carbonyl (C=O) groups is 1. The topological polar surface area (TPSA) is 51.5 Å². The third kappa shape index (κ3) is 3.05. The average molecular weight is 441 g/mol. The molecule has 3 aromatic rings. The number of carbonyl (C=O) groups excluding carboxylic acids is 1. The van der Waals surface area contributed by atoms with E-state index in [0.717, 1.165) is 73.3 Å². The maximum atomic E-state index is 14.3. The maximum Gasteiger partial charge on any atom is 0.250 e. The Morgan fingerprint density at radius 2 is 1.79 bits per heavy atom. The zero-order valence-electron chi connectivity index (χ0n) is 19.0. The van der Waals surface area contributed by atoms with Crippen molar-refractivity contribution in [3.63, 3.8) is 0 Å². The molecule has 3 heterocycles. The van der Waals surface area contributed by atoms with Gasteiger partial charge in [-0.1, -0.05) is 30.3 Å². The Morgan fingerprint density at radius 1 is 0.939 bits per heavy atom. The molecule has 168 valence electrons. The summed E-state index contributed by atoms with van der Waals surface area (Å²) in [6.45, 7) is 1.19. The van der Waals surface area contributed by atoms with Crippen LogP contribution < -0.4 is 15.2 Å². The van der Waals surface area contributed by atoms with Crippen molar-refractivity contribution in [2.45, 2.75) is 50.5 Å². The van der Waals surface area contributed by atoms with Crippen LogP contribution in [-0.2, 0) is 36.6 Å². The summed E-state index contributed by atoms with van der Waals surface area (Å²) >= 11 is 0. The summed E-state index contributed by atoms with van der Waals surface area (Å²) in [4.78, 5) is 28.1. The van der Waals surface area contributed by atoms with E-state index in [9.17, 15) is 9.59 Å². The van der Waals surface area contributed by atoms with Gasteiger partial charge >= 0.3 is 0 Å². The summed E-state index contributed by atoms with van der Waals surface area (Å²) in [5, 5.41) is 0. The number of aryl methyl sites for hydroxylation is 3. The lowest BCUT2D eigenvalue weighted by Crippen LogP contribution is -2.43. The van der Waals surface area contributed by atoms with Crippen molar-refractivity contribution in [3.8, 4) is 5.75 Å². The number of rotatable bonds is 2. The lowest BCUT2D eigenvalue weighted by atomic mass is 9.66. The van der Waals surface area contributed by atoms with E-state index in [1.54, 1.807) is 17.7 Å². The van der Waals surface area contributed by atoms with Gasteiger partial charge in [0.25, 0.3) is 0 Å². The molecule has 0 radical (unpaired) electrons. The van der Waals surface area contributed by atoms with Gasteiger partial charge in [-0.05, 0) is 78.5 Å². The van der Waals surface area contributed by atoms with Gasteiger partial charge in [-0.2, -0.15) is 0 Å². The first-order valence-corrected chi connectivity index (χ1v) is 11.9. The molecule has 0 saturated carbocycles. The number of aromatic nitrogens is 1. The van der Waals surface area contributed by atoms with Crippen molar-refractivity contribution < 1.29 is 9.53 Å². The van der Waals surface area contributed by atoms with Crippen LogP contribution in [0.15, 0.2) is 59.5 Å². The third-order valence-electron chi connectivity index (χ3n) is 7.59. The number of ether oxygens (including phenoxy) is 1. The minimum atomic E-state index is -0.671. The van der Waals surface area contributed by atoms with Crippen molar-refractivity contribution in [2.24, 2.45) is 7.05 Å². The molecule has 1 amide bonds. The van der Waals surface area contributed by atoms with Gasteiger partial charge in [-0.25, -0.2) is 0 Å². The van der Waals surface area contributed by atoms with Gasteiger partial charge in [-0.3, -0.25) is 9.59 Å². The summed E-state index contributed by atoms with van der Waals surface area (Å²) in [5.74, 6) is 1.08. The molecule has 2 aliphatic heterocycles. The Kier molecular flexibility index (Phi) is 4.68. The highest BCUT2D eigenvalue weighted by Crippen LogP contribution is 2.53. The second kappa shape index (κ2) is 7.62. The van der Waals surface area contributed by atoms with Gasteiger partial charge in [0.05, 0.1) is 13.2 Å². The number of amides is 1. The normalized spacial score (nSPS) is 21.2. The van der Waals surface area contributed by atoms with E-state index in [2.05, 4.69) is 24.3 Å². The monoisotopic (exact) mass is 440 g/mol. The van der Waals surface area contributed by atoms with E-state index in [-0.39, 0.29) is 11.5 Å². The van der Waals surface area contributed by atoms with Crippen LogP contribution in [0.1, 0.15) is 53.5 Å². The van der Waals surface area contributed by atoms with E-state index < -0.39 is 5.41 Å². The SMILES string of the molecule is Cn1cc(CN2C(=O)C3(CCCc4cc5c(cc43)OCCCC5)c3ccccc32)ccc1=O. The fourth-order valence-corrected chi connectivity index (χ4v) is 6.00. The molecule has 5 nitrogen and oxygen atoms in total. The molecule has 1 spiro atoms. The molecule has 33 heavy (non-hydrogen) atoms. The maximum absolute atomic E-state index is 14.3. The number of nitrogens with zero attached hydrogens (tertiary/aromatic N) is 2. The summed E-state index contributed by atoms with van der Waals surface area (Å²) in [5.41, 5.74) is 5.98. The first-order chi connectivity index (χ1) is 16.1. The first kappa shape index (κ1) is 20.3. The Labute approximate surface area is 193 Å². The molecule has 5 heteroatoms. The fourth-order valence-electron chi connectivity index (χ4n) is 6.00. The molecule has 1 aliphatic carbocycles. The molecule has 0 fully saturated rings. The highest BCUT2D eigenvalue weighted by atomic mass is 16.5. The first-order valence-electron chi connectivity index (χ1n) is 11.9. The summed E-state index contributed by atoms with van der Waals surface area (Å²) in [6.07, 6.45) is 7.87. The quantitative estimate of drug-likeness (QED) is 0.598. The lowest BCUT2D eigenvalue weighted by molar-refractivity contribution is -0.122. The average Bonchev–Trinajstić information content (AvgIpc) is 2.97. The highest BCUT2D eigenvalue weighted by molar-refractivity contribution is 6.10. The van der Waals surface area contributed by atoms with E-state index in [0.29, 0.717) is 6.54 Å². The zero-order chi connectivity index (χ0) is 22.6. The Morgan fingerprint density at radius 3 is 2.67 bits per heavy atom. The molecule has 6 rings (SSSR count). The number of benzene rings is 2. The summed E-state index contributed by atoms with van der Waals surface area (Å²) in [6, 6.07) is 16.1. The number of anilines is 1. The van der Waals surface area contributed by atoms with Gasteiger partial charge < -0.3 is 14.2 Å². The summed E-state index contributed by atoms with van der Waals surface area (Å²) < 4.78 is 7.70. The molecule has 1 aromatic heterocycles. The van der Waals surface area contributed by atoms with Crippen LogP contribution in [0.4, 0.5) is 5.69 Å². The van der Waals surface area contributed by atoms with Crippen LogP contribution in [0.5, 0.6) is 5.75 Å². The second-order valence-corrected chi connectivity index (χ2v) is 9.58. The van der Waals surface area contributed by atoms with Crippen molar-refractivity contribution in [2.75, 3.05) is 11.5 Å². The third-order valence-corrected chi connectivity index (χ3v) is 7.59. The van der Waals surface area contributed by atoms with Crippen molar-refractivity contribution >= 4 is 11.6 Å². The highest BCUT2D eigenvalue weighted by Gasteiger charge is 2.53. The van der Waals surface area contributed by atoms with Crippen LogP contribution >= 0.6 is 0 Å². The Balaban J connectivity index is 1.50. The molecule has 1 atom stereocenters. The fraction of sp³-hybridized carbons (Fsp3) is 0.357.